The van der Waals surface area contributed by atoms with Gasteiger partial charge in [-0.05, 0) is 25.1 Å². The lowest BCUT2D eigenvalue weighted by Gasteiger charge is -2.16. The van der Waals surface area contributed by atoms with Gasteiger partial charge in [0.1, 0.15) is 0 Å². The number of aromatic amines is 1. The van der Waals surface area contributed by atoms with Crippen molar-refractivity contribution in [1.29, 1.82) is 0 Å². The molecule has 3 aromatic heterocycles. The first-order chi connectivity index (χ1) is 16.6. The topological polar surface area (TPSA) is 135 Å². The van der Waals surface area contributed by atoms with Gasteiger partial charge in [0.15, 0.2) is 11.6 Å². The summed E-state index contributed by atoms with van der Waals surface area (Å²) in [5.41, 5.74) is 3.79. The number of nitrogens with zero attached hydrogens (tertiary/aromatic N) is 5. The van der Waals surface area contributed by atoms with Crippen LogP contribution < -0.4 is 20.7 Å². The molecule has 0 bridgehead atoms. The third-order valence-corrected chi connectivity index (χ3v) is 5.71. The molecule has 1 amide bonds. The van der Waals surface area contributed by atoms with Crippen LogP contribution in [-0.2, 0) is 13.0 Å². The molecule has 4 N–H and O–H groups in total. The van der Waals surface area contributed by atoms with Crippen molar-refractivity contribution in [3.8, 4) is 17.1 Å². The number of carbonyl (C=O) groups is 1. The van der Waals surface area contributed by atoms with Crippen LogP contribution in [0.2, 0.25) is 5.02 Å². The third-order valence-electron chi connectivity index (χ3n) is 5.41. The summed E-state index contributed by atoms with van der Waals surface area (Å²) in [6.07, 6.45) is 4.07. The maximum atomic E-state index is 12.8. The maximum Gasteiger partial charge on any atom is 0.255 e. The Hall–Kier alpha value is -4.12. The zero-order chi connectivity index (χ0) is 23.7. The van der Waals surface area contributed by atoms with Crippen molar-refractivity contribution in [2.75, 3.05) is 24.3 Å². The average molecular weight is 480 g/mol. The molecule has 11 nitrogen and oxygen atoms in total. The van der Waals surface area contributed by atoms with E-state index in [1.165, 1.54) is 0 Å². The summed E-state index contributed by atoms with van der Waals surface area (Å²) in [5.74, 6) is 1.19. The number of anilines is 4. The number of nitrogens with one attached hydrogen (secondary N) is 4. The van der Waals surface area contributed by atoms with E-state index >= 15 is 0 Å². The summed E-state index contributed by atoms with van der Waals surface area (Å²) in [4.78, 5) is 25.1. The molecule has 12 heteroatoms. The lowest BCUT2D eigenvalue weighted by molar-refractivity contribution is 0.0947. The Labute approximate surface area is 199 Å². The zero-order valence-corrected chi connectivity index (χ0v) is 19.3. The summed E-state index contributed by atoms with van der Waals surface area (Å²) in [6.45, 7) is 3.23. The molecule has 0 saturated carbocycles. The number of hydrogen-bond acceptors (Lipinski definition) is 8. The van der Waals surface area contributed by atoms with Crippen LogP contribution in [-0.4, -0.2) is 49.5 Å². The van der Waals surface area contributed by atoms with E-state index in [-0.39, 0.29) is 5.91 Å². The van der Waals surface area contributed by atoms with E-state index < -0.39 is 0 Å². The molecule has 34 heavy (non-hydrogen) atoms. The van der Waals surface area contributed by atoms with Gasteiger partial charge in [0.05, 0.1) is 46.7 Å². The number of amides is 1. The molecule has 1 aliphatic rings. The molecule has 0 unspecified atom stereocenters. The first-order valence-electron chi connectivity index (χ1n) is 10.7. The Bertz CT molecular complexity index is 1360. The Kier molecular flexibility index (Phi) is 5.76. The lowest BCUT2D eigenvalue weighted by atomic mass is 10.1. The number of carbonyl (C=O) groups excluding carboxylic acids is 1. The molecule has 0 fully saturated rings. The highest BCUT2D eigenvalue weighted by molar-refractivity contribution is 6.32. The smallest absolute Gasteiger partial charge is 0.255 e. The molecule has 1 aliphatic heterocycles. The molecular weight excluding hydrogens is 458 g/mol. The average Bonchev–Trinajstić information content (AvgIpc) is 3.45. The van der Waals surface area contributed by atoms with E-state index in [4.69, 9.17) is 16.3 Å². The fourth-order valence-corrected chi connectivity index (χ4v) is 4.08. The summed E-state index contributed by atoms with van der Waals surface area (Å²) < 4.78 is 7.18. The second-order valence-electron chi connectivity index (χ2n) is 7.53. The zero-order valence-electron chi connectivity index (χ0n) is 18.5. The molecule has 5 rings (SSSR count). The van der Waals surface area contributed by atoms with Gasteiger partial charge < -0.3 is 25.7 Å². The van der Waals surface area contributed by atoms with Crippen LogP contribution >= 0.6 is 11.6 Å². The van der Waals surface area contributed by atoms with Crippen molar-refractivity contribution in [2.45, 2.75) is 19.9 Å². The quantitative estimate of drug-likeness (QED) is 0.316. The van der Waals surface area contributed by atoms with E-state index in [1.54, 1.807) is 36.3 Å². The Balaban J connectivity index is 1.57. The number of benzene rings is 1. The number of methoxy groups -OCH3 is 1. The lowest BCUT2D eigenvalue weighted by Crippen LogP contribution is -2.31. The fourth-order valence-electron chi connectivity index (χ4n) is 3.83. The highest BCUT2D eigenvalue weighted by atomic mass is 35.5. The molecule has 0 radical (unpaired) electrons. The molecular formula is C22H22ClN9O2. The van der Waals surface area contributed by atoms with Crippen molar-refractivity contribution < 1.29 is 9.53 Å². The molecule has 1 aromatic carbocycles. The number of halogens is 1. The van der Waals surface area contributed by atoms with Crippen LogP contribution in [0.4, 0.5) is 23.1 Å². The predicted molar refractivity (Wildman–Crippen MR) is 128 cm³/mol. The van der Waals surface area contributed by atoms with Crippen LogP contribution in [0.3, 0.4) is 0 Å². The highest BCUT2D eigenvalue weighted by Gasteiger charge is 2.28. The van der Waals surface area contributed by atoms with Gasteiger partial charge in [-0.25, -0.2) is 9.97 Å². The minimum Gasteiger partial charge on any atom is -0.493 e. The van der Waals surface area contributed by atoms with Gasteiger partial charge in [0.25, 0.3) is 5.91 Å². The standard InChI is InChI=1S/C22H22ClN9O2/c1-3-32-11-16(30-31-32)29-22-25-10-8-14(28-22)18-19(17-13(26-18)7-9-24-21(17)33)27-15-6-4-5-12(23)20(15)34-2/h4-6,8,10-11,26-27H,3,7,9H2,1-2H3,(H,24,33)(H,25,28,29). The Morgan fingerprint density at radius 2 is 2.15 bits per heavy atom. The van der Waals surface area contributed by atoms with Crippen molar-refractivity contribution >= 4 is 40.6 Å². The largest absolute Gasteiger partial charge is 0.493 e. The van der Waals surface area contributed by atoms with Crippen LogP contribution in [0, 0.1) is 0 Å². The van der Waals surface area contributed by atoms with Crippen LogP contribution in [0.15, 0.2) is 36.7 Å². The van der Waals surface area contributed by atoms with Gasteiger partial charge in [-0.3, -0.25) is 9.48 Å². The van der Waals surface area contributed by atoms with Crippen LogP contribution in [0.1, 0.15) is 23.0 Å². The number of H-pyrrole nitrogens is 1. The van der Waals surface area contributed by atoms with Gasteiger partial charge in [-0.1, -0.05) is 22.9 Å². The fraction of sp³-hybridized carbons (Fsp3) is 0.227. The number of aromatic nitrogens is 6. The summed E-state index contributed by atoms with van der Waals surface area (Å²) >= 11 is 6.31. The van der Waals surface area contributed by atoms with Crippen molar-refractivity contribution in [2.24, 2.45) is 0 Å². The highest BCUT2D eigenvalue weighted by Crippen LogP contribution is 2.40. The molecule has 4 heterocycles. The number of fused-ring (bicyclic) bond motifs is 1. The van der Waals surface area contributed by atoms with Crippen LogP contribution in [0.5, 0.6) is 5.75 Å². The Morgan fingerprint density at radius 1 is 1.26 bits per heavy atom. The van der Waals surface area contributed by atoms with E-state index in [0.717, 1.165) is 5.69 Å². The SMILES string of the molecule is CCn1cc(Nc2nccc(-c3[nH]c4c(c3Nc3cccc(Cl)c3OC)C(=O)NCC4)n2)nn1. The van der Waals surface area contributed by atoms with Crippen molar-refractivity contribution in [3.63, 3.8) is 0 Å². The minimum atomic E-state index is -0.171. The van der Waals surface area contributed by atoms with E-state index in [9.17, 15) is 4.79 Å². The molecule has 4 aromatic rings. The second kappa shape index (κ2) is 9.02. The molecule has 0 aliphatic carbocycles. The molecule has 174 valence electrons. The number of hydrogen-bond donors (Lipinski definition) is 4. The second-order valence-corrected chi connectivity index (χ2v) is 7.94. The number of ether oxygens (including phenoxy) is 1. The number of para-hydroxylation sites is 1. The predicted octanol–water partition coefficient (Wildman–Crippen LogP) is 3.52. The van der Waals surface area contributed by atoms with Gasteiger partial charge in [-0.2, -0.15) is 0 Å². The van der Waals surface area contributed by atoms with Crippen molar-refractivity contribution in [1.82, 2.24) is 35.3 Å². The summed E-state index contributed by atoms with van der Waals surface area (Å²) in [6, 6.07) is 7.15. The maximum absolute atomic E-state index is 12.8. The van der Waals surface area contributed by atoms with Crippen LogP contribution in [0.25, 0.3) is 11.4 Å². The summed E-state index contributed by atoms with van der Waals surface area (Å²) in [7, 11) is 1.55. The third kappa shape index (κ3) is 4.01. The molecule has 0 spiro atoms. The summed E-state index contributed by atoms with van der Waals surface area (Å²) in [5, 5.41) is 17.9. The van der Waals surface area contributed by atoms with E-state index in [1.807, 2.05) is 19.1 Å². The monoisotopic (exact) mass is 479 g/mol. The molecule has 0 atom stereocenters. The minimum absolute atomic E-state index is 0.171. The Morgan fingerprint density at radius 3 is 2.94 bits per heavy atom. The number of aryl methyl sites for hydroxylation is 1. The first kappa shape index (κ1) is 21.7. The number of rotatable bonds is 7. The van der Waals surface area contributed by atoms with Gasteiger partial charge >= 0.3 is 0 Å². The molecule has 0 saturated heterocycles. The van der Waals surface area contributed by atoms with Gasteiger partial charge in [-0.15, -0.1) is 5.10 Å². The van der Waals surface area contributed by atoms with E-state index in [2.05, 4.69) is 41.2 Å². The van der Waals surface area contributed by atoms with Gasteiger partial charge in [0.2, 0.25) is 5.95 Å². The van der Waals surface area contributed by atoms with Gasteiger partial charge in [0, 0.05) is 31.4 Å². The van der Waals surface area contributed by atoms with E-state index in [0.29, 0.717) is 70.4 Å². The normalized spacial score (nSPS) is 12.7. The first-order valence-corrected chi connectivity index (χ1v) is 11.1. The van der Waals surface area contributed by atoms with Crippen molar-refractivity contribution in [3.05, 3.63) is 52.9 Å².